The van der Waals surface area contributed by atoms with Crippen molar-refractivity contribution in [2.75, 3.05) is 40.4 Å². The van der Waals surface area contributed by atoms with E-state index in [2.05, 4.69) is 68.7 Å². The van der Waals surface area contributed by atoms with Crippen LogP contribution in [0.15, 0.2) is 111 Å². The van der Waals surface area contributed by atoms with Crippen LogP contribution in [0, 0.1) is 25.7 Å². The predicted molar refractivity (Wildman–Crippen MR) is 280 cm³/mol. The standard InChI is InChI=1S/C30H34N3O3.C23H28N2O.C7H7NO3/c1-4-21-17-25-6-5-24-15-20(2)16-26(36-3)28(24)29(30(25)31-19-21)23-9-11-32(12-10-23)27(34)18-22-7-13-33(35)14-8-22;1-4-16-13-19-6-5-18-11-15(2)12-20(26-3)21(18)22(23(19)25-14-16)17-7-9-24-10-8-17;9-7(10)5-6-1-3-8(11)4-2-6/h4,7-8,13-17,19,23,29,35H,1,5-6,9-12,18H2,2-3H3;4,11-14,17,22,24H,1,5-10H2,2-3H3;1-4H,5H2,(H-,9,10,11)/q+1;;/p+1. The van der Waals surface area contributed by atoms with Gasteiger partial charge in [-0.1, -0.05) is 37.4 Å². The van der Waals surface area contributed by atoms with Gasteiger partial charge in [-0.2, -0.15) is 0 Å². The molecule has 380 valence electrons. The van der Waals surface area contributed by atoms with Crippen molar-refractivity contribution >= 4 is 24.0 Å². The molecule has 2 fully saturated rings. The van der Waals surface area contributed by atoms with Crippen molar-refractivity contribution in [3.8, 4) is 11.5 Å². The third kappa shape index (κ3) is 12.5. The highest BCUT2D eigenvalue weighted by atomic mass is 16.5. The van der Waals surface area contributed by atoms with Crippen molar-refractivity contribution < 1.29 is 44.0 Å². The van der Waals surface area contributed by atoms with Crippen LogP contribution in [0.2, 0.25) is 0 Å². The number of aromatic nitrogens is 4. The minimum atomic E-state index is -0.874. The van der Waals surface area contributed by atoms with E-state index in [0.29, 0.717) is 29.7 Å². The number of ether oxygens (including phenoxy) is 2. The molecule has 2 unspecified atom stereocenters. The summed E-state index contributed by atoms with van der Waals surface area (Å²) in [5, 5.41) is 30.1. The third-order valence-electron chi connectivity index (χ3n) is 14.9. The van der Waals surface area contributed by atoms with Gasteiger partial charge in [-0.3, -0.25) is 30.0 Å². The van der Waals surface area contributed by atoms with Gasteiger partial charge in [0.1, 0.15) is 11.5 Å². The second-order valence-corrected chi connectivity index (χ2v) is 19.8. The van der Waals surface area contributed by atoms with E-state index < -0.39 is 5.97 Å². The van der Waals surface area contributed by atoms with Crippen LogP contribution in [0.5, 0.6) is 11.5 Å². The second-order valence-electron chi connectivity index (χ2n) is 19.8. The van der Waals surface area contributed by atoms with Crippen molar-refractivity contribution in [2.24, 2.45) is 11.8 Å². The summed E-state index contributed by atoms with van der Waals surface area (Å²) in [6.07, 6.45) is 22.1. The number of hydrogen-bond acceptors (Lipinski definition) is 9. The summed E-state index contributed by atoms with van der Waals surface area (Å²) in [6.45, 7) is 15.8. The number of benzene rings is 2. The summed E-state index contributed by atoms with van der Waals surface area (Å²) in [7, 11) is 3.56. The first kappa shape index (κ1) is 52.0. The molecule has 0 saturated carbocycles. The van der Waals surface area contributed by atoms with Crippen LogP contribution in [-0.4, -0.2) is 82.7 Å². The summed E-state index contributed by atoms with van der Waals surface area (Å²) < 4.78 is 13.7. The van der Waals surface area contributed by atoms with Crippen LogP contribution in [0.4, 0.5) is 0 Å². The number of likely N-dealkylation sites (tertiary alicyclic amines) is 1. The lowest BCUT2D eigenvalue weighted by Gasteiger charge is -2.37. The van der Waals surface area contributed by atoms with Gasteiger partial charge in [-0.05, 0) is 170 Å². The van der Waals surface area contributed by atoms with E-state index in [4.69, 9.17) is 29.8 Å². The first-order valence-corrected chi connectivity index (χ1v) is 25.5. The fraction of sp³-hybridized carbons (Fsp3) is 0.367. The number of pyridine rings is 4. The molecule has 2 saturated heterocycles. The average Bonchev–Trinajstić information content (AvgIpc) is 3.67. The number of carboxylic acids is 1. The Morgan fingerprint density at radius 2 is 1.08 bits per heavy atom. The first-order valence-electron chi connectivity index (χ1n) is 25.5. The van der Waals surface area contributed by atoms with E-state index in [0.717, 1.165) is 108 Å². The van der Waals surface area contributed by atoms with Crippen LogP contribution in [-0.2, 0) is 48.1 Å². The molecule has 13 nitrogen and oxygen atoms in total. The number of carbonyl (C=O) groups is 2. The monoisotopic (exact) mass is 987 g/mol. The van der Waals surface area contributed by atoms with Crippen molar-refractivity contribution in [3.63, 3.8) is 0 Å². The van der Waals surface area contributed by atoms with Gasteiger partial charge in [0.15, 0.2) is 0 Å². The van der Waals surface area contributed by atoms with E-state index in [-0.39, 0.29) is 18.2 Å². The SMILES string of the molecule is C=Cc1cnc2c(c1)CCc1cc(C)cc(OC)c1C2C1CCN(C(=O)Cc2cc[n+](O)cc2)CC1.C=Cc1cnc2c(c1)CCc1cc(C)cc(OC)c1C2C1CCNCC1.O=C(O)Cc1cc[n+](O)cc1. The highest BCUT2D eigenvalue weighted by Crippen LogP contribution is 2.48. The molecule has 4 aliphatic rings. The Morgan fingerprint density at radius 3 is 1.51 bits per heavy atom. The maximum absolute atomic E-state index is 13.0. The summed E-state index contributed by atoms with van der Waals surface area (Å²) in [5.74, 6) is 2.66. The molecule has 2 aromatic carbocycles. The normalized spacial score (nSPS) is 17.2. The van der Waals surface area contributed by atoms with Crippen molar-refractivity contribution in [1.29, 1.82) is 0 Å². The molecule has 0 radical (unpaired) electrons. The van der Waals surface area contributed by atoms with Gasteiger partial charge in [-0.15, -0.1) is 0 Å². The molecular formula is C60H70N6O7+2. The molecule has 2 aliphatic carbocycles. The molecule has 4 N–H and O–H groups in total. The average molecular weight is 987 g/mol. The molecule has 0 bridgehead atoms. The van der Waals surface area contributed by atoms with Gasteiger partial charge in [0.2, 0.25) is 30.7 Å². The van der Waals surface area contributed by atoms with Gasteiger partial charge < -0.3 is 24.8 Å². The van der Waals surface area contributed by atoms with Crippen molar-refractivity contribution in [2.45, 2.75) is 89.9 Å². The number of carboxylic acid groups (broad SMARTS) is 1. The Labute approximate surface area is 429 Å². The topological polar surface area (TPSA) is 162 Å². The number of nitrogens with zero attached hydrogens (tertiary/aromatic N) is 5. The first-order chi connectivity index (χ1) is 35.3. The van der Waals surface area contributed by atoms with Crippen LogP contribution in [0.3, 0.4) is 0 Å². The van der Waals surface area contributed by atoms with E-state index in [9.17, 15) is 14.8 Å². The zero-order chi connectivity index (χ0) is 51.6. The lowest BCUT2D eigenvalue weighted by molar-refractivity contribution is -0.904. The number of hydrogen-bond donors (Lipinski definition) is 4. The van der Waals surface area contributed by atoms with Crippen LogP contribution < -0.4 is 24.3 Å². The quantitative estimate of drug-likeness (QED) is 0.0775. The number of rotatable bonds is 10. The lowest BCUT2D eigenvalue weighted by atomic mass is 9.75. The fourth-order valence-electron chi connectivity index (χ4n) is 11.4. The van der Waals surface area contributed by atoms with Gasteiger partial charge in [0.05, 0.1) is 38.4 Å². The molecule has 6 heterocycles. The number of fused-ring (bicyclic) bond motifs is 4. The smallest absolute Gasteiger partial charge is 0.307 e. The van der Waals surface area contributed by atoms with E-state index in [1.54, 1.807) is 50.9 Å². The van der Waals surface area contributed by atoms with E-state index >= 15 is 0 Å². The lowest BCUT2D eigenvalue weighted by Crippen LogP contribution is -2.41. The maximum Gasteiger partial charge on any atom is 0.307 e. The zero-order valence-electron chi connectivity index (χ0n) is 42.7. The van der Waals surface area contributed by atoms with Gasteiger partial charge >= 0.3 is 5.97 Å². The van der Waals surface area contributed by atoms with Gasteiger partial charge in [0, 0.05) is 82.2 Å². The molecule has 73 heavy (non-hydrogen) atoms. The summed E-state index contributed by atoms with van der Waals surface area (Å²) >= 11 is 0. The fourth-order valence-corrected chi connectivity index (χ4v) is 11.4. The molecular weight excluding hydrogens is 917 g/mol. The summed E-state index contributed by atoms with van der Waals surface area (Å²) in [5.41, 5.74) is 16.7. The third-order valence-corrected chi connectivity index (χ3v) is 14.9. The van der Waals surface area contributed by atoms with E-state index in [1.807, 2.05) is 29.4 Å². The maximum atomic E-state index is 13.0. The molecule has 2 atom stereocenters. The highest BCUT2D eigenvalue weighted by Gasteiger charge is 2.38. The van der Waals surface area contributed by atoms with Crippen LogP contribution in [0.25, 0.3) is 12.2 Å². The predicted octanol–water partition coefficient (Wildman–Crippen LogP) is 8.39. The van der Waals surface area contributed by atoms with E-state index in [1.165, 1.54) is 75.4 Å². The molecule has 10 rings (SSSR count). The zero-order valence-corrected chi connectivity index (χ0v) is 42.7. The summed E-state index contributed by atoms with van der Waals surface area (Å²) in [4.78, 5) is 35.1. The Hall–Kier alpha value is -7.38. The molecule has 1 amide bonds. The number of methoxy groups -OCH3 is 2. The Kier molecular flexibility index (Phi) is 17.0. The minimum Gasteiger partial charge on any atom is -0.496 e. The number of nitrogens with one attached hydrogen (secondary N) is 1. The van der Waals surface area contributed by atoms with Gasteiger partial charge in [0.25, 0.3) is 0 Å². The highest BCUT2D eigenvalue weighted by molar-refractivity contribution is 5.78. The largest absolute Gasteiger partial charge is 0.496 e. The van der Waals surface area contributed by atoms with Crippen molar-refractivity contribution in [3.05, 3.63) is 189 Å². The molecule has 0 spiro atoms. The number of aryl methyl sites for hydroxylation is 6. The molecule has 4 aromatic heterocycles. The minimum absolute atomic E-state index is 0.0131. The number of amides is 1. The number of aliphatic carboxylic acids is 1. The van der Waals surface area contributed by atoms with Gasteiger partial charge in [-0.25, -0.2) is 0 Å². The molecule has 6 aromatic rings. The Morgan fingerprint density at radius 1 is 0.658 bits per heavy atom. The van der Waals surface area contributed by atoms with Crippen LogP contribution in [0.1, 0.15) is 116 Å². The Bertz CT molecular complexity index is 2920. The number of carbonyl (C=O) groups excluding carboxylic acids is 1. The number of piperidine rings is 2. The molecule has 13 heteroatoms. The molecule has 2 aliphatic heterocycles. The second kappa shape index (κ2) is 23.9. The van der Waals surface area contributed by atoms with Crippen molar-refractivity contribution in [1.82, 2.24) is 20.2 Å². The van der Waals surface area contributed by atoms with Crippen LogP contribution >= 0.6 is 0 Å². The Balaban J connectivity index is 0.000000167. The summed E-state index contributed by atoms with van der Waals surface area (Å²) in [6, 6.07) is 20.2.